The van der Waals surface area contributed by atoms with E-state index in [2.05, 4.69) is 15.8 Å². The van der Waals surface area contributed by atoms with Crippen LogP contribution in [0.2, 0.25) is 5.02 Å². The maximum Gasteiger partial charge on any atom is 0.239 e. The first kappa shape index (κ1) is 19.0. The molecule has 2 aromatic rings. The summed E-state index contributed by atoms with van der Waals surface area (Å²) < 4.78 is 4.90. The number of halogens is 1. The summed E-state index contributed by atoms with van der Waals surface area (Å²) in [6.45, 7) is 6.22. The van der Waals surface area contributed by atoms with E-state index in [-0.39, 0.29) is 24.9 Å². The number of amides is 2. The molecule has 7 nitrogen and oxygen atoms in total. The van der Waals surface area contributed by atoms with Gasteiger partial charge >= 0.3 is 0 Å². The molecular weight excluding hydrogens is 344 g/mol. The van der Waals surface area contributed by atoms with Crippen LogP contribution in [-0.2, 0) is 9.59 Å². The number of aryl methyl sites for hydroxylation is 2. The van der Waals surface area contributed by atoms with Gasteiger partial charge in [-0.15, -0.1) is 0 Å². The number of rotatable bonds is 7. The SMILES string of the molecule is CCN(CC(=O)Nc1cc(C)on1)CC(=O)Nc1cc(Cl)ccc1C. The van der Waals surface area contributed by atoms with Crippen LogP contribution in [0.15, 0.2) is 28.8 Å². The van der Waals surface area contributed by atoms with Crippen LogP contribution in [0, 0.1) is 13.8 Å². The number of hydrogen-bond donors (Lipinski definition) is 2. The van der Waals surface area contributed by atoms with E-state index in [0.717, 1.165) is 5.56 Å². The van der Waals surface area contributed by atoms with E-state index in [1.807, 2.05) is 19.9 Å². The molecule has 0 aliphatic heterocycles. The molecule has 0 spiro atoms. The van der Waals surface area contributed by atoms with E-state index in [1.165, 1.54) is 0 Å². The number of anilines is 2. The second-order valence-electron chi connectivity index (χ2n) is 5.68. The summed E-state index contributed by atoms with van der Waals surface area (Å²) in [5, 5.41) is 9.71. The van der Waals surface area contributed by atoms with Gasteiger partial charge in [0, 0.05) is 16.8 Å². The zero-order valence-electron chi connectivity index (χ0n) is 14.4. The summed E-state index contributed by atoms with van der Waals surface area (Å²) in [5.41, 5.74) is 1.58. The van der Waals surface area contributed by atoms with E-state index in [0.29, 0.717) is 28.8 Å². The molecule has 0 saturated carbocycles. The molecule has 2 amide bonds. The van der Waals surface area contributed by atoms with E-state index in [9.17, 15) is 9.59 Å². The first-order valence-electron chi connectivity index (χ1n) is 7.89. The molecular formula is C17H21ClN4O3. The third kappa shape index (κ3) is 5.88. The average Bonchev–Trinajstić information content (AvgIpc) is 2.95. The van der Waals surface area contributed by atoms with Crippen molar-refractivity contribution < 1.29 is 14.1 Å². The van der Waals surface area contributed by atoms with Crippen LogP contribution in [0.5, 0.6) is 0 Å². The minimum Gasteiger partial charge on any atom is -0.360 e. The average molecular weight is 365 g/mol. The van der Waals surface area contributed by atoms with Gasteiger partial charge in [0.15, 0.2) is 5.82 Å². The Morgan fingerprint density at radius 1 is 1.16 bits per heavy atom. The number of likely N-dealkylation sites (N-methyl/N-ethyl adjacent to an activating group) is 1. The molecule has 0 fully saturated rings. The van der Waals surface area contributed by atoms with Crippen molar-refractivity contribution in [1.82, 2.24) is 10.1 Å². The lowest BCUT2D eigenvalue weighted by molar-refractivity contribution is -0.119. The molecule has 1 heterocycles. The maximum atomic E-state index is 12.2. The summed E-state index contributed by atoms with van der Waals surface area (Å²) in [6.07, 6.45) is 0. The smallest absolute Gasteiger partial charge is 0.239 e. The molecule has 0 atom stereocenters. The van der Waals surface area contributed by atoms with Crippen molar-refractivity contribution in [1.29, 1.82) is 0 Å². The predicted octanol–water partition coefficient (Wildman–Crippen LogP) is 2.84. The Kier molecular flexibility index (Phi) is 6.55. The molecule has 0 aliphatic carbocycles. The van der Waals surface area contributed by atoms with Gasteiger partial charge in [-0.2, -0.15) is 0 Å². The van der Waals surface area contributed by atoms with Crippen molar-refractivity contribution in [2.24, 2.45) is 0 Å². The highest BCUT2D eigenvalue weighted by Crippen LogP contribution is 2.20. The maximum absolute atomic E-state index is 12.2. The standard InChI is InChI=1S/C17H21ClN4O3/c1-4-22(10-17(24)20-15-7-12(3)25-21-15)9-16(23)19-14-8-13(18)6-5-11(14)2/h5-8H,4,9-10H2,1-3H3,(H,19,23)(H,20,21,24). The van der Waals surface area contributed by atoms with Crippen LogP contribution in [-0.4, -0.2) is 41.5 Å². The molecule has 0 bridgehead atoms. The van der Waals surface area contributed by atoms with Crippen molar-refractivity contribution in [2.75, 3.05) is 30.3 Å². The zero-order chi connectivity index (χ0) is 18.4. The van der Waals surface area contributed by atoms with E-state index in [1.54, 1.807) is 30.0 Å². The lowest BCUT2D eigenvalue weighted by atomic mass is 10.2. The third-order valence-corrected chi connectivity index (χ3v) is 3.79. The number of nitrogens with one attached hydrogen (secondary N) is 2. The largest absolute Gasteiger partial charge is 0.360 e. The molecule has 2 N–H and O–H groups in total. The van der Waals surface area contributed by atoms with Crippen LogP contribution < -0.4 is 10.6 Å². The molecule has 134 valence electrons. The van der Waals surface area contributed by atoms with Crippen molar-refractivity contribution in [3.63, 3.8) is 0 Å². The van der Waals surface area contributed by atoms with Crippen molar-refractivity contribution in [3.05, 3.63) is 40.6 Å². The fourth-order valence-electron chi connectivity index (χ4n) is 2.21. The van der Waals surface area contributed by atoms with Crippen molar-refractivity contribution in [3.8, 4) is 0 Å². The van der Waals surface area contributed by atoms with Crippen LogP contribution in [0.4, 0.5) is 11.5 Å². The van der Waals surface area contributed by atoms with Gasteiger partial charge in [-0.05, 0) is 38.1 Å². The molecule has 0 radical (unpaired) electrons. The lowest BCUT2D eigenvalue weighted by Gasteiger charge is -2.19. The van der Waals surface area contributed by atoms with Gasteiger partial charge in [0.1, 0.15) is 5.76 Å². The van der Waals surface area contributed by atoms with Crippen molar-refractivity contribution in [2.45, 2.75) is 20.8 Å². The molecule has 1 aromatic heterocycles. The Morgan fingerprint density at radius 3 is 2.44 bits per heavy atom. The predicted molar refractivity (Wildman–Crippen MR) is 96.8 cm³/mol. The van der Waals surface area contributed by atoms with Gasteiger partial charge in [0.05, 0.1) is 13.1 Å². The first-order chi connectivity index (χ1) is 11.9. The Hall–Kier alpha value is -2.38. The summed E-state index contributed by atoms with van der Waals surface area (Å²) in [5.74, 6) is 0.496. The summed E-state index contributed by atoms with van der Waals surface area (Å²) in [4.78, 5) is 26.0. The Balaban J connectivity index is 1.88. The normalized spacial score (nSPS) is 10.8. The summed E-state index contributed by atoms with van der Waals surface area (Å²) in [6, 6.07) is 6.93. The minimum absolute atomic E-state index is 0.0738. The molecule has 25 heavy (non-hydrogen) atoms. The second-order valence-corrected chi connectivity index (χ2v) is 6.12. The Labute approximate surface area is 151 Å². The van der Waals surface area contributed by atoms with Crippen LogP contribution in [0.1, 0.15) is 18.2 Å². The number of nitrogens with zero attached hydrogens (tertiary/aromatic N) is 2. The molecule has 2 rings (SSSR count). The van der Waals surface area contributed by atoms with Crippen LogP contribution in [0.3, 0.4) is 0 Å². The molecule has 0 saturated heterocycles. The summed E-state index contributed by atoms with van der Waals surface area (Å²) in [7, 11) is 0. The molecule has 0 aliphatic rings. The van der Waals surface area contributed by atoms with Gasteiger partial charge in [-0.3, -0.25) is 14.5 Å². The number of hydrogen-bond acceptors (Lipinski definition) is 5. The van der Waals surface area contributed by atoms with Crippen LogP contribution >= 0.6 is 11.6 Å². The van der Waals surface area contributed by atoms with Crippen molar-refractivity contribution >= 4 is 34.9 Å². The molecule has 1 aromatic carbocycles. The number of aromatic nitrogens is 1. The Bertz CT molecular complexity index is 760. The Morgan fingerprint density at radius 2 is 1.84 bits per heavy atom. The topological polar surface area (TPSA) is 87.5 Å². The highest BCUT2D eigenvalue weighted by atomic mass is 35.5. The lowest BCUT2D eigenvalue weighted by Crippen LogP contribution is -2.38. The quantitative estimate of drug-likeness (QED) is 0.788. The van der Waals surface area contributed by atoms with Gasteiger partial charge < -0.3 is 15.2 Å². The van der Waals surface area contributed by atoms with E-state index < -0.39 is 0 Å². The van der Waals surface area contributed by atoms with E-state index >= 15 is 0 Å². The highest BCUT2D eigenvalue weighted by molar-refractivity contribution is 6.31. The minimum atomic E-state index is -0.262. The van der Waals surface area contributed by atoms with Gasteiger partial charge in [0.2, 0.25) is 11.8 Å². The van der Waals surface area contributed by atoms with Gasteiger partial charge in [-0.1, -0.05) is 29.7 Å². The number of carbonyl (C=O) groups excluding carboxylic acids is 2. The number of benzene rings is 1. The van der Waals surface area contributed by atoms with Gasteiger partial charge in [-0.25, -0.2) is 0 Å². The van der Waals surface area contributed by atoms with Crippen LogP contribution in [0.25, 0.3) is 0 Å². The fourth-order valence-corrected chi connectivity index (χ4v) is 2.38. The molecule has 0 unspecified atom stereocenters. The highest BCUT2D eigenvalue weighted by Gasteiger charge is 2.15. The fraction of sp³-hybridized carbons (Fsp3) is 0.353. The van der Waals surface area contributed by atoms with Gasteiger partial charge in [0.25, 0.3) is 0 Å². The van der Waals surface area contributed by atoms with E-state index in [4.69, 9.17) is 16.1 Å². The zero-order valence-corrected chi connectivity index (χ0v) is 15.2. The number of carbonyl (C=O) groups is 2. The second kappa shape index (κ2) is 8.64. The first-order valence-corrected chi connectivity index (χ1v) is 8.26. The monoisotopic (exact) mass is 364 g/mol. The summed E-state index contributed by atoms with van der Waals surface area (Å²) >= 11 is 5.95. The molecule has 8 heteroatoms. The third-order valence-electron chi connectivity index (χ3n) is 3.55.